The Morgan fingerprint density at radius 2 is 1.83 bits per heavy atom. The molecular formula is C18H24N2O4. The van der Waals surface area contributed by atoms with Crippen LogP contribution in [0.3, 0.4) is 0 Å². The molecular weight excluding hydrogens is 308 g/mol. The highest BCUT2D eigenvalue weighted by Gasteiger charge is 2.52. The predicted octanol–water partition coefficient (Wildman–Crippen LogP) is 1.71. The van der Waals surface area contributed by atoms with Crippen LogP contribution in [0.5, 0.6) is 0 Å². The third-order valence-electron chi connectivity index (χ3n) is 5.35. The lowest BCUT2D eigenvalue weighted by atomic mass is 9.72. The van der Waals surface area contributed by atoms with Gasteiger partial charge in [-0.3, -0.25) is 9.59 Å². The van der Waals surface area contributed by atoms with E-state index in [0.717, 1.165) is 5.69 Å². The number of rotatable bonds is 3. The Labute approximate surface area is 142 Å². The molecule has 0 aliphatic carbocycles. The minimum atomic E-state index is -0.810. The normalized spacial score (nSPS) is 22.6. The van der Waals surface area contributed by atoms with Gasteiger partial charge in [0.1, 0.15) is 0 Å². The summed E-state index contributed by atoms with van der Waals surface area (Å²) in [6.07, 6.45) is 1.40. The van der Waals surface area contributed by atoms with E-state index in [2.05, 4.69) is 0 Å². The SMILES string of the molecule is CN(C)c1ccc(C(=O)N2CC(C(=O)O)C3(CCOCC3)C2)cc1. The molecule has 1 atom stereocenters. The van der Waals surface area contributed by atoms with Crippen molar-refractivity contribution in [2.24, 2.45) is 11.3 Å². The predicted molar refractivity (Wildman–Crippen MR) is 90.3 cm³/mol. The number of benzene rings is 1. The number of carboxylic acid groups (broad SMARTS) is 1. The third kappa shape index (κ3) is 2.98. The first-order valence-corrected chi connectivity index (χ1v) is 8.30. The van der Waals surface area contributed by atoms with Gasteiger partial charge in [0, 0.05) is 57.1 Å². The molecule has 2 heterocycles. The number of carboxylic acids is 1. The summed E-state index contributed by atoms with van der Waals surface area (Å²) in [6.45, 7) is 1.93. The summed E-state index contributed by atoms with van der Waals surface area (Å²) in [5, 5.41) is 9.61. The highest BCUT2D eigenvalue weighted by molar-refractivity contribution is 5.95. The van der Waals surface area contributed by atoms with Crippen LogP contribution in [-0.4, -0.2) is 62.3 Å². The molecule has 130 valence electrons. The van der Waals surface area contributed by atoms with Crippen molar-refractivity contribution in [3.63, 3.8) is 0 Å². The molecule has 0 aromatic heterocycles. The first kappa shape index (κ1) is 16.8. The standard InChI is InChI=1S/C18H24N2O4/c1-19(2)14-5-3-13(4-6-14)16(21)20-11-15(17(22)23)18(12-20)7-9-24-10-8-18/h3-6,15H,7-12H2,1-2H3,(H,22,23). The molecule has 1 spiro atoms. The summed E-state index contributed by atoms with van der Waals surface area (Å²) in [5.41, 5.74) is 1.29. The molecule has 2 aliphatic heterocycles. The van der Waals surface area contributed by atoms with Gasteiger partial charge in [0.15, 0.2) is 0 Å². The lowest BCUT2D eigenvalue weighted by Crippen LogP contribution is -2.40. The topological polar surface area (TPSA) is 70.1 Å². The van der Waals surface area contributed by atoms with E-state index in [9.17, 15) is 14.7 Å². The largest absolute Gasteiger partial charge is 0.481 e. The van der Waals surface area contributed by atoms with Gasteiger partial charge in [-0.25, -0.2) is 0 Å². The molecule has 1 N–H and O–H groups in total. The van der Waals surface area contributed by atoms with Crippen LogP contribution in [0.4, 0.5) is 5.69 Å². The van der Waals surface area contributed by atoms with E-state index < -0.39 is 11.9 Å². The van der Waals surface area contributed by atoms with Crippen molar-refractivity contribution < 1.29 is 19.4 Å². The number of carbonyl (C=O) groups is 2. The fraction of sp³-hybridized carbons (Fsp3) is 0.556. The Morgan fingerprint density at radius 1 is 1.21 bits per heavy atom. The van der Waals surface area contributed by atoms with Crippen molar-refractivity contribution in [3.8, 4) is 0 Å². The summed E-state index contributed by atoms with van der Waals surface area (Å²) < 4.78 is 5.40. The third-order valence-corrected chi connectivity index (χ3v) is 5.35. The van der Waals surface area contributed by atoms with Gasteiger partial charge >= 0.3 is 5.97 Å². The fourth-order valence-electron chi connectivity index (χ4n) is 3.83. The maximum Gasteiger partial charge on any atom is 0.308 e. The summed E-state index contributed by atoms with van der Waals surface area (Å²) in [5.74, 6) is -1.41. The van der Waals surface area contributed by atoms with Crippen molar-refractivity contribution in [1.82, 2.24) is 4.90 Å². The van der Waals surface area contributed by atoms with E-state index in [1.54, 1.807) is 4.90 Å². The van der Waals surface area contributed by atoms with E-state index in [-0.39, 0.29) is 17.9 Å². The van der Waals surface area contributed by atoms with Crippen molar-refractivity contribution in [2.75, 3.05) is 45.3 Å². The number of carbonyl (C=O) groups excluding carboxylic acids is 1. The van der Waals surface area contributed by atoms with Crippen LogP contribution in [0.15, 0.2) is 24.3 Å². The number of amides is 1. The maximum atomic E-state index is 12.8. The number of aliphatic carboxylic acids is 1. The number of ether oxygens (including phenoxy) is 1. The molecule has 2 saturated heterocycles. The zero-order valence-corrected chi connectivity index (χ0v) is 14.2. The molecule has 24 heavy (non-hydrogen) atoms. The summed E-state index contributed by atoms with van der Waals surface area (Å²) in [7, 11) is 3.90. The van der Waals surface area contributed by atoms with Crippen LogP contribution in [-0.2, 0) is 9.53 Å². The Bertz CT molecular complexity index is 620. The van der Waals surface area contributed by atoms with Crippen LogP contribution >= 0.6 is 0 Å². The van der Waals surface area contributed by atoms with Gasteiger partial charge in [-0.2, -0.15) is 0 Å². The second-order valence-corrected chi connectivity index (χ2v) is 6.99. The molecule has 0 radical (unpaired) electrons. The monoisotopic (exact) mass is 332 g/mol. The lowest BCUT2D eigenvalue weighted by molar-refractivity contribution is -0.146. The molecule has 1 unspecified atom stereocenters. The highest BCUT2D eigenvalue weighted by Crippen LogP contribution is 2.44. The zero-order chi connectivity index (χ0) is 17.3. The van der Waals surface area contributed by atoms with E-state index in [1.165, 1.54) is 0 Å². The first-order valence-electron chi connectivity index (χ1n) is 8.30. The number of anilines is 1. The summed E-state index contributed by atoms with van der Waals surface area (Å²) >= 11 is 0. The van der Waals surface area contributed by atoms with Crippen LogP contribution in [0.2, 0.25) is 0 Å². The minimum absolute atomic E-state index is 0.0880. The molecule has 2 fully saturated rings. The average molecular weight is 332 g/mol. The molecule has 1 aromatic rings. The van der Waals surface area contributed by atoms with E-state index in [4.69, 9.17) is 4.74 Å². The van der Waals surface area contributed by atoms with Crippen LogP contribution in [0.25, 0.3) is 0 Å². The highest BCUT2D eigenvalue weighted by atomic mass is 16.5. The molecule has 3 rings (SSSR count). The number of likely N-dealkylation sites (tertiary alicyclic amines) is 1. The van der Waals surface area contributed by atoms with Gasteiger partial charge in [-0.15, -0.1) is 0 Å². The second-order valence-electron chi connectivity index (χ2n) is 6.99. The molecule has 1 aromatic carbocycles. The van der Waals surface area contributed by atoms with Crippen molar-refractivity contribution in [2.45, 2.75) is 12.8 Å². The van der Waals surface area contributed by atoms with Gasteiger partial charge in [-0.05, 0) is 37.1 Å². The van der Waals surface area contributed by atoms with Crippen LogP contribution in [0, 0.1) is 11.3 Å². The lowest BCUT2D eigenvalue weighted by Gasteiger charge is -2.36. The molecule has 1 amide bonds. The van der Waals surface area contributed by atoms with Crippen LogP contribution in [0.1, 0.15) is 23.2 Å². The number of hydrogen-bond acceptors (Lipinski definition) is 4. The smallest absolute Gasteiger partial charge is 0.308 e. The van der Waals surface area contributed by atoms with Gasteiger partial charge in [-0.1, -0.05) is 0 Å². The van der Waals surface area contributed by atoms with Gasteiger partial charge in [0.2, 0.25) is 0 Å². The Balaban J connectivity index is 1.79. The zero-order valence-electron chi connectivity index (χ0n) is 14.2. The van der Waals surface area contributed by atoms with Crippen molar-refractivity contribution >= 4 is 17.6 Å². The van der Waals surface area contributed by atoms with Crippen LogP contribution < -0.4 is 4.90 Å². The Morgan fingerprint density at radius 3 is 2.38 bits per heavy atom. The first-order chi connectivity index (χ1) is 11.4. The molecule has 0 saturated carbocycles. The van der Waals surface area contributed by atoms with Crippen molar-refractivity contribution in [1.29, 1.82) is 0 Å². The fourth-order valence-corrected chi connectivity index (χ4v) is 3.83. The Kier molecular flexibility index (Phi) is 4.49. The minimum Gasteiger partial charge on any atom is -0.481 e. The van der Waals surface area contributed by atoms with E-state index in [0.29, 0.717) is 38.2 Å². The van der Waals surface area contributed by atoms with Gasteiger partial charge in [0.05, 0.1) is 5.92 Å². The summed E-state index contributed by atoms with van der Waals surface area (Å²) in [4.78, 5) is 28.2. The molecule has 6 heteroatoms. The molecule has 6 nitrogen and oxygen atoms in total. The van der Waals surface area contributed by atoms with E-state index in [1.807, 2.05) is 43.3 Å². The molecule has 0 bridgehead atoms. The average Bonchev–Trinajstić information content (AvgIpc) is 2.94. The number of hydrogen-bond donors (Lipinski definition) is 1. The van der Waals surface area contributed by atoms with Crippen molar-refractivity contribution in [3.05, 3.63) is 29.8 Å². The van der Waals surface area contributed by atoms with Gasteiger partial charge in [0.25, 0.3) is 5.91 Å². The second kappa shape index (κ2) is 6.43. The van der Waals surface area contributed by atoms with Gasteiger partial charge < -0.3 is 19.6 Å². The summed E-state index contributed by atoms with van der Waals surface area (Å²) in [6, 6.07) is 7.43. The Hall–Kier alpha value is -2.08. The quantitative estimate of drug-likeness (QED) is 0.912. The maximum absolute atomic E-state index is 12.8. The van der Waals surface area contributed by atoms with E-state index >= 15 is 0 Å². The molecule has 2 aliphatic rings. The number of nitrogens with zero attached hydrogens (tertiary/aromatic N) is 2.